The van der Waals surface area contributed by atoms with Crippen LogP contribution in [0, 0.1) is 0 Å². The van der Waals surface area contributed by atoms with E-state index in [9.17, 15) is 22.8 Å². The minimum atomic E-state index is -5.15. The predicted octanol–water partition coefficient (Wildman–Crippen LogP) is 2.71. The molecular weight excluding hydrogens is 289 g/mol. The quantitative estimate of drug-likeness (QED) is 0.784. The molecule has 0 radical (unpaired) electrons. The molecule has 0 saturated heterocycles. The Labute approximate surface area is 118 Å². The molecule has 0 atom stereocenters. The molecular formula is C13H13F3N2O3. The molecule has 5 nitrogen and oxygen atoms in total. The first kappa shape index (κ1) is 15.1. The van der Waals surface area contributed by atoms with Gasteiger partial charge < -0.3 is 10.2 Å². The number of rotatable bonds is 1. The Bertz CT molecular complexity index is 558. The molecule has 2 amide bonds. The number of benzene rings is 1. The lowest BCUT2D eigenvalue weighted by Crippen LogP contribution is -2.37. The molecule has 114 valence electrons. The third-order valence-electron chi connectivity index (χ3n) is 3.11. The number of amides is 2. The number of alkyl halides is 3. The molecule has 1 aromatic rings. The van der Waals surface area contributed by atoms with E-state index in [4.69, 9.17) is 0 Å². The van der Waals surface area contributed by atoms with Crippen LogP contribution < -0.4 is 10.8 Å². The molecule has 0 aromatic heterocycles. The second-order valence-corrected chi connectivity index (χ2v) is 4.59. The summed E-state index contributed by atoms with van der Waals surface area (Å²) in [5.41, 5.74) is 3.99. The minimum absolute atomic E-state index is 0.507. The number of halogens is 3. The maximum absolute atomic E-state index is 11.9. The standard InChI is InChI=1S/C13H13F3N2O3/c14-13(15,16)11(19)21-18-12(20)17-10-7-3-5-8-4-1-2-6-9(8)10/h3,5,7H,1-2,4,6H2,(H2,17,18,20). The van der Waals surface area contributed by atoms with Gasteiger partial charge in [0.2, 0.25) is 0 Å². The monoisotopic (exact) mass is 302 g/mol. The summed E-state index contributed by atoms with van der Waals surface area (Å²) in [7, 11) is 0. The fraction of sp³-hybridized carbons (Fsp3) is 0.385. The van der Waals surface area contributed by atoms with Gasteiger partial charge in [0.15, 0.2) is 0 Å². The number of fused-ring (bicyclic) bond motifs is 1. The number of carbonyl (C=O) groups excluding carboxylic acids is 2. The van der Waals surface area contributed by atoms with E-state index < -0.39 is 18.2 Å². The molecule has 8 heteroatoms. The normalized spacial score (nSPS) is 14.0. The lowest BCUT2D eigenvalue weighted by molar-refractivity contribution is -0.204. The van der Waals surface area contributed by atoms with Crippen LogP contribution in [0.5, 0.6) is 0 Å². The van der Waals surface area contributed by atoms with Crippen molar-refractivity contribution in [2.24, 2.45) is 0 Å². The zero-order chi connectivity index (χ0) is 15.5. The van der Waals surface area contributed by atoms with E-state index in [-0.39, 0.29) is 0 Å². The Balaban J connectivity index is 1.96. The molecule has 0 fully saturated rings. The molecule has 0 aliphatic heterocycles. The van der Waals surface area contributed by atoms with Crippen molar-refractivity contribution in [2.75, 3.05) is 5.32 Å². The Hall–Kier alpha value is -2.25. The van der Waals surface area contributed by atoms with Crippen LogP contribution in [0.1, 0.15) is 24.0 Å². The van der Waals surface area contributed by atoms with Crippen LogP contribution in [0.25, 0.3) is 0 Å². The van der Waals surface area contributed by atoms with Crippen molar-refractivity contribution in [1.82, 2.24) is 5.48 Å². The van der Waals surface area contributed by atoms with E-state index in [0.717, 1.165) is 36.8 Å². The second kappa shape index (κ2) is 6.02. The molecule has 0 unspecified atom stereocenters. The van der Waals surface area contributed by atoms with Gasteiger partial charge in [-0.25, -0.2) is 9.59 Å². The lowest BCUT2D eigenvalue weighted by Gasteiger charge is -2.19. The number of aryl methyl sites for hydroxylation is 1. The summed E-state index contributed by atoms with van der Waals surface area (Å²) in [6, 6.07) is 4.31. The third-order valence-corrected chi connectivity index (χ3v) is 3.11. The van der Waals surface area contributed by atoms with E-state index in [1.807, 2.05) is 6.07 Å². The average Bonchev–Trinajstić information content (AvgIpc) is 2.44. The summed E-state index contributed by atoms with van der Waals surface area (Å²) in [5.74, 6) is -2.48. The predicted molar refractivity (Wildman–Crippen MR) is 67.4 cm³/mol. The van der Waals surface area contributed by atoms with E-state index in [0.29, 0.717) is 5.69 Å². The number of nitrogens with one attached hydrogen (secondary N) is 2. The van der Waals surface area contributed by atoms with Crippen molar-refractivity contribution < 1.29 is 27.6 Å². The van der Waals surface area contributed by atoms with Gasteiger partial charge in [0.1, 0.15) is 0 Å². The number of anilines is 1. The summed E-state index contributed by atoms with van der Waals surface area (Å²) < 4.78 is 35.7. The molecule has 1 aromatic carbocycles. The molecule has 1 aliphatic carbocycles. The molecule has 2 rings (SSSR count). The molecule has 0 spiro atoms. The van der Waals surface area contributed by atoms with Gasteiger partial charge in [-0.1, -0.05) is 12.1 Å². The first-order valence-electron chi connectivity index (χ1n) is 6.33. The van der Waals surface area contributed by atoms with Crippen LogP contribution in [0.3, 0.4) is 0 Å². The smallest absolute Gasteiger partial charge is 0.331 e. The summed E-state index contributed by atoms with van der Waals surface area (Å²) in [6.07, 6.45) is -1.43. The van der Waals surface area contributed by atoms with Gasteiger partial charge in [0.25, 0.3) is 0 Å². The first-order chi connectivity index (χ1) is 9.88. The number of hydrogen-bond acceptors (Lipinski definition) is 3. The van der Waals surface area contributed by atoms with E-state index in [1.165, 1.54) is 5.48 Å². The minimum Gasteiger partial charge on any atom is -0.331 e. The van der Waals surface area contributed by atoms with Crippen LogP contribution in [0.2, 0.25) is 0 Å². The van der Waals surface area contributed by atoms with Crippen LogP contribution in [0.15, 0.2) is 18.2 Å². The first-order valence-corrected chi connectivity index (χ1v) is 6.33. The fourth-order valence-corrected chi connectivity index (χ4v) is 2.20. The molecule has 21 heavy (non-hydrogen) atoms. The van der Waals surface area contributed by atoms with Crippen molar-refractivity contribution in [3.8, 4) is 0 Å². The van der Waals surface area contributed by atoms with Crippen molar-refractivity contribution in [3.63, 3.8) is 0 Å². The molecule has 1 aliphatic rings. The third kappa shape index (κ3) is 3.87. The van der Waals surface area contributed by atoms with Crippen LogP contribution in [0.4, 0.5) is 23.7 Å². The number of urea groups is 1. The van der Waals surface area contributed by atoms with Crippen molar-refractivity contribution in [3.05, 3.63) is 29.3 Å². The van der Waals surface area contributed by atoms with Crippen molar-refractivity contribution >= 4 is 17.7 Å². The summed E-state index contributed by atoms with van der Waals surface area (Å²) in [5, 5.41) is 2.38. The fourth-order valence-electron chi connectivity index (χ4n) is 2.20. The van der Waals surface area contributed by atoms with Crippen LogP contribution >= 0.6 is 0 Å². The molecule has 2 N–H and O–H groups in total. The second-order valence-electron chi connectivity index (χ2n) is 4.59. The summed E-state index contributed by atoms with van der Waals surface area (Å²) in [4.78, 5) is 25.6. The lowest BCUT2D eigenvalue weighted by atomic mass is 9.90. The highest BCUT2D eigenvalue weighted by molar-refractivity contribution is 5.90. The van der Waals surface area contributed by atoms with Gasteiger partial charge >= 0.3 is 18.2 Å². The summed E-state index contributed by atoms with van der Waals surface area (Å²) >= 11 is 0. The maximum Gasteiger partial charge on any atom is 0.493 e. The Kier molecular flexibility index (Phi) is 4.35. The van der Waals surface area contributed by atoms with E-state index >= 15 is 0 Å². The number of carbonyl (C=O) groups is 2. The topological polar surface area (TPSA) is 67.4 Å². The van der Waals surface area contributed by atoms with Gasteiger partial charge in [-0.3, -0.25) is 0 Å². The van der Waals surface area contributed by atoms with E-state index in [2.05, 4.69) is 10.2 Å². The highest BCUT2D eigenvalue weighted by atomic mass is 19.4. The highest BCUT2D eigenvalue weighted by Crippen LogP contribution is 2.27. The zero-order valence-corrected chi connectivity index (χ0v) is 10.9. The van der Waals surface area contributed by atoms with Gasteiger partial charge in [-0.05, 0) is 42.9 Å². The van der Waals surface area contributed by atoms with Crippen LogP contribution in [-0.2, 0) is 22.5 Å². The Morgan fingerprint density at radius 1 is 1.14 bits per heavy atom. The number of hydrogen-bond donors (Lipinski definition) is 2. The average molecular weight is 302 g/mol. The van der Waals surface area contributed by atoms with E-state index in [1.54, 1.807) is 12.1 Å². The zero-order valence-electron chi connectivity index (χ0n) is 10.9. The highest BCUT2D eigenvalue weighted by Gasteiger charge is 2.42. The van der Waals surface area contributed by atoms with Crippen molar-refractivity contribution in [1.29, 1.82) is 0 Å². The van der Waals surface area contributed by atoms with Gasteiger partial charge in [0.05, 0.1) is 0 Å². The van der Waals surface area contributed by atoms with Crippen LogP contribution in [-0.4, -0.2) is 18.2 Å². The Morgan fingerprint density at radius 3 is 2.57 bits per heavy atom. The molecule has 0 heterocycles. The molecule has 0 bridgehead atoms. The van der Waals surface area contributed by atoms with Gasteiger partial charge in [0, 0.05) is 5.69 Å². The Morgan fingerprint density at radius 2 is 1.86 bits per heavy atom. The van der Waals surface area contributed by atoms with Crippen molar-refractivity contribution in [2.45, 2.75) is 31.9 Å². The number of hydroxylamine groups is 1. The van der Waals surface area contributed by atoms with Gasteiger partial charge in [-0.2, -0.15) is 18.7 Å². The maximum atomic E-state index is 11.9. The largest absolute Gasteiger partial charge is 0.493 e. The van der Waals surface area contributed by atoms with Gasteiger partial charge in [-0.15, -0.1) is 0 Å². The summed E-state index contributed by atoms with van der Waals surface area (Å²) in [6.45, 7) is 0. The molecule has 0 saturated carbocycles. The SMILES string of the molecule is O=C(NOC(=O)C(F)(F)F)Nc1cccc2c1CCCC2.